The Morgan fingerprint density at radius 3 is 3.00 bits per heavy atom. The highest BCUT2D eigenvalue weighted by Gasteiger charge is 2.19. The van der Waals surface area contributed by atoms with E-state index in [0.29, 0.717) is 38.3 Å². The number of ether oxygens (including phenoxy) is 1. The Labute approximate surface area is 110 Å². The molecule has 4 nitrogen and oxygen atoms in total. The van der Waals surface area contributed by atoms with Gasteiger partial charge in [-0.3, -0.25) is 4.79 Å². The summed E-state index contributed by atoms with van der Waals surface area (Å²) >= 11 is 1.46. The smallest absolute Gasteiger partial charge is 0.254 e. The Balaban J connectivity index is 2.01. The molecule has 1 amide bonds. The third kappa shape index (κ3) is 3.33. The number of thiophene rings is 1. The SMILES string of the molecule is O=C(c1csc(C#CCCO)c1)N1CCOCC1. The number of rotatable bonds is 2. The fraction of sp³-hybridized carbons (Fsp3) is 0.462. The van der Waals surface area contributed by atoms with Gasteiger partial charge in [0.05, 0.1) is 30.3 Å². The molecule has 0 radical (unpaired) electrons. The van der Waals surface area contributed by atoms with Gasteiger partial charge in [-0.2, -0.15) is 0 Å². The maximum absolute atomic E-state index is 12.1. The molecule has 1 N–H and O–H groups in total. The second-order valence-electron chi connectivity index (χ2n) is 3.88. The van der Waals surface area contributed by atoms with Crippen molar-refractivity contribution < 1.29 is 14.6 Å². The zero-order valence-electron chi connectivity index (χ0n) is 10.0. The van der Waals surface area contributed by atoms with Crippen molar-refractivity contribution >= 4 is 17.2 Å². The number of nitrogens with zero attached hydrogens (tertiary/aromatic N) is 1. The van der Waals surface area contributed by atoms with E-state index in [9.17, 15) is 4.79 Å². The summed E-state index contributed by atoms with van der Waals surface area (Å²) < 4.78 is 5.22. The first kappa shape index (κ1) is 13.1. The van der Waals surface area contributed by atoms with Gasteiger partial charge >= 0.3 is 0 Å². The molecule has 5 heteroatoms. The van der Waals surface area contributed by atoms with Gasteiger partial charge in [-0.25, -0.2) is 0 Å². The van der Waals surface area contributed by atoms with E-state index in [1.165, 1.54) is 11.3 Å². The first-order chi connectivity index (χ1) is 8.81. The predicted molar refractivity (Wildman–Crippen MR) is 69.6 cm³/mol. The maximum atomic E-state index is 12.1. The number of hydrogen-bond donors (Lipinski definition) is 1. The molecule has 1 saturated heterocycles. The number of morpholine rings is 1. The minimum absolute atomic E-state index is 0.0461. The normalized spacial score (nSPS) is 15.1. The minimum Gasteiger partial charge on any atom is -0.395 e. The highest BCUT2D eigenvalue weighted by Crippen LogP contribution is 2.16. The quantitative estimate of drug-likeness (QED) is 0.810. The third-order valence-corrected chi connectivity index (χ3v) is 3.44. The van der Waals surface area contributed by atoms with Crippen molar-refractivity contribution in [1.82, 2.24) is 4.90 Å². The molecule has 2 heterocycles. The van der Waals surface area contributed by atoms with Crippen molar-refractivity contribution in [2.24, 2.45) is 0 Å². The van der Waals surface area contributed by atoms with Crippen molar-refractivity contribution in [2.45, 2.75) is 6.42 Å². The second kappa shape index (κ2) is 6.55. The fourth-order valence-electron chi connectivity index (χ4n) is 1.67. The molecule has 0 spiro atoms. The molecule has 1 aliphatic heterocycles. The van der Waals surface area contributed by atoms with Crippen LogP contribution in [0.15, 0.2) is 11.4 Å². The van der Waals surface area contributed by atoms with Gasteiger partial charge in [0.1, 0.15) is 0 Å². The van der Waals surface area contributed by atoms with Gasteiger partial charge in [0.25, 0.3) is 5.91 Å². The van der Waals surface area contributed by atoms with E-state index in [2.05, 4.69) is 11.8 Å². The number of amides is 1. The van der Waals surface area contributed by atoms with Gasteiger partial charge in [-0.05, 0) is 6.07 Å². The lowest BCUT2D eigenvalue weighted by Crippen LogP contribution is -2.40. The highest BCUT2D eigenvalue weighted by atomic mass is 32.1. The average Bonchev–Trinajstić information content (AvgIpc) is 2.88. The van der Waals surface area contributed by atoms with Crippen LogP contribution in [0.25, 0.3) is 0 Å². The van der Waals surface area contributed by atoms with Crippen LogP contribution in [0.3, 0.4) is 0 Å². The van der Waals surface area contributed by atoms with Crippen LogP contribution in [-0.2, 0) is 4.74 Å². The Morgan fingerprint density at radius 1 is 1.50 bits per heavy atom. The molecule has 1 aliphatic rings. The van der Waals surface area contributed by atoms with Crippen LogP contribution in [0.4, 0.5) is 0 Å². The highest BCUT2D eigenvalue weighted by molar-refractivity contribution is 7.10. The first-order valence-electron chi connectivity index (χ1n) is 5.86. The lowest BCUT2D eigenvalue weighted by molar-refractivity contribution is 0.0303. The molecular formula is C13H15NO3S. The Morgan fingerprint density at radius 2 is 2.28 bits per heavy atom. The number of carbonyl (C=O) groups is 1. The molecule has 0 bridgehead atoms. The molecule has 2 rings (SSSR count). The van der Waals surface area contributed by atoms with Gasteiger partial charge in [0.2, 0.25) is 0 Å². The summed E-state index contributed by atoms with van der Waals surface area (Å²) in [7, 11) is 0. The fourth-order valence-corrected chi connectivity index (χ4v) is 2.42. The van der Waals surface area contributed by atoms with Crippen molar-refractivity contribution in [3.8, 4) is 11.8 Å². The molecule has 0 aromatic carbocycles. The van der Waals surface area contributed by atoms with Crippen LogP contribution in [0.2, 0.25) is 0 Å². The lowest BCUT2D eigenvalue weighted by Gasteiger charge is -2.26. The van der Waals surface area contributed by atoms with E-state index < -0.39 is 0 Å². The molecule has 1 aromatic rings. The minimum atomic E-state index is 0.0461. The standard InChI is InChI=1S/C13H15NO3S/c15-6-2-1-3-12-9-11(10-18-12)13(16)14-4-7-17-8-5-14/h9-10,15H,2,4-8H2. The zero-order valence-corrected chi connectivity index (χ0v) is 10.8. The van der Waals surface area contributed by atoms with Crippen LogP contribution < -0.4 is 0 Å². The largest absolute Gasteiger partial charge is 0.395 e. The summed E-state index contributed by atoms with van der Waals surface area (Å²) in [4.78, 5) is 14.8. The first-order valence-corrected chi connectivity index (χ1v) is 6.74. The summed E-state index contributed by atoms with van der Waals surface area (Å²) in [5.74, 6) is 5.83. The van der Waals surface area contributed by atoms with Crippen molar-refractivity contribution in [2.75, 3.05) is 32.9 Å². The number of carbonyl (C=O) groups excluding carboxylic acids is 1. The topological polar surface area (TPSA) is 49.8 Å². The maximum Gasteiger partial charge on any atom is 0.254 e. The van der Waals surface area contributed by atoms with E-state index in [0.717, 1.165) is 4.88 Å². The van der Waals surface area contributed by atoms with Crippen LogP contribution in [0, 0.1) is 11.8 Å². The van der Waals surface area contributed by atoms with E-state index in [1.54, 1.807) is 4.90 Å². The molecule has 0 unspecified atom stereocenters. The van der Waals surface area contributed by atoms with Gasteiger partial charge in [0.15, 0.2) is 0 Å². The van der Waals surface area contributed by atoms with Gasteiger partial charge in [-0.1, -0.05) is 11.8 Å². The number of aliphatic hydroxyl groups is 1. The van der Waals surface area contributed by atoms with Crippen LogP contribution >= 0.6 is 11.3 Å². The Hall–Kier alpha value is -1.35. The van der Waals surface area contributed by atoms with Crippen molar-refractivity contribution in [3.63, 3.8) is 0 Å². The van der Waals surface area contributed by atoms with E-state index in [1.807, 2.05) is 11.4 Å². The van der Waals surface area contributed by atoms with Crippen LogP contribution in [0.1, 0.15) is 21.7 Å². The molecule has 0 aliphatic carbocycles. The van der Waals surface area contributed by atoms with Crippen LogP contribution in [0.5, 0.6) is 0 Å². The molecule has 1 aromatic heterocycles. The molecular weight excluding hydrogens is 250 g/mol. The number of aliphatic hydroxyl groups excluding tert-OH is 1. The van der Waals surface area contributed by atoms with Crippen molar-refractivity contribution in [1.29, 1.82) is 0 Å². The molecule has 1 fully saturated rings. The van der Waals surface area contributed by atoms with Gasteiger partial charge in [0, 0.05) is 24.9 Å². The molecule has 0 saturated carbocycles. The van der Waals surface area contributed by atoms with Crippen molar-refractivity contribution in [3.05, 3.63) is 21.9 Å². The van der Waals surface area contributed by atoms with E-state index >= 15 is 0 Å². The summed E-state index contributed by atoms with van der Waals surface area (Å²) in [5.41, 5.74) is 0.690. The monoisotopic (exact) mass is 265 g/mol. The molecule has 18 heavy (non-hydrogen) atoms. The van der Waals surface area contributed by atoms with E-state index in [4.69, 9.17) is 9.84 Å². The molecule has 96 valence electrons. The Kier molecular flexibility index (Phi) is 4.76. The number of hydrogen-bond acceptors (Lipinski definition) is 4. The average molecular weight is 265 g/mol. The Bertz CT molecular complexity index is 466. The zero-order chi connectivity index (χ0) is 12.8. The second-order valence-corrected chi connectivity index (χ2v) is 4.79. The van der Waals surface area contributed by atoms with Crippen LogP contribution in [-0.4, -0.2) is 48.8 Å². The molecule has 0 atom stereocenters. The summed E-state index contributed by atoms with van der Waals surface area (Å²) in [6, 6.07) is 1.81. The summed E-state index contributed by atoms with van der Waals surface area (Å²) in [6.45, 7) is 2.59. The summed E-state index contributed by atoms with van der Waals surface area (Å²) in [5, 5.41) is 10.5. The van der Waals surface area contributed by atoms with E-state index in [-0.39, 0.29) is 12.5 Å². The van der Waals surface area contributed by atoms with Gasteiger partial charge < -0.3 is 14.7 Å². The third-order valence-electron chi connectivity index (χ3n) is 2.59. The lowest BCUT2D eigenvalue weighted by atomic mass is 10.2. The van der Waals surface area contributed by atoms with Gasteiger partial charge in [-0.15, -0.1) is 11.3 Å². The predicted octanol–water partition coefficient (Wildman–Crippen LogP) is 0.954. The summed E-state index contributed by atoms with van der Waals surface area (Å²) in [6.07, 6.45) is 0.463.